The first kappa shape index (κ1) is 13.7. The zero-order valence-corrected chi connectivity index (χ0v) is 8.51. The molecule has 4 nitrogen and oxygen atoms in total. The molecule has 15 heavy (non-hydrogen) atoms. The highest BCUT2D eigenvalue weighted by atomic mass is 19.4. The fourth-order valence-corrected chi connectivity index (χ4v) is 0.747. The molecule has 1 N–H and O–H groups in total. The molecule has 0 bridgehead atoms. The Balaban J connectivity index is 4.81. The molecule has 88 valence electrons. The molecule has 0 aliphatic heterocycles. The molecule has 0 aromatic heterocycles. The summed E-state index contributed by atoms with van der Waals surface area (Å²) in [6.07, 6.45) is -5.64. The Bertz CT molecular complexity index is 250. The predicted octanol–water partition coefficient (Wildman–Crippen LogP) is 1.50. The van der Waals surface area contributed by atoms with Crippen LogP contribution in [0.2, 0.25) is 0 Å². The number of hydrogen-bond donors (Lipinski definition) is 1. The van der Waals surface area contributed by atoms with Gasteiger partial charge in [0.25, 0.3) is 0 Å². The summed E-state index contributed by atoms with van der Waals surface area (Å²) in [7, 11) is 0.998. The molecule has 0 radical (unpaired) electrons. The summed E-state index contributed by atoms with van der Waals surface area (Å²) >= 11 is 0. The zero-order chi connectivity index (χ0) is 12.3. The third kappa shape index (κ3) is 3.10. The van der Waals surface area contributed by atoms with Gasteiger partial charge in [0, 0.05) is 0 Å². The molecule has 0 saturated carbocycles. The van der Waals surface area contributed by atoms with Gasteiger partial charge in [-0.15, -0.1) is 0 Å². The summed E-state index contributed by atoms with van der Waals surface area (Å²) in [5.41, 5.74) is -2.34. The van der Waals surface area contributed by atoms with E-state index in [-0.39, 0.29) is 6.29 Å². The number of alkyl carbamates (subject to hydrolysis) is 1. The maximum atomic E-state index is 12.5. The number of methoxy groups -OCH3 is 1. The number of halogens is 3. The fourth-order valence-electron chi connectivity index (χ4n) is 0.747. The van der Waals surface area contributed by atoms with E-state index in [1.165, 1.54) is 0 Å². The van der Waals surface area contributed by atoms with Gasteiger partial charge in [0.15, 0.2) is 0 Å². The van der Waals surface area contributed by atoms with Gasteiger partial charge in [-0.05, 0) is 13.8 Å². The highest BCUT2D eigenvalue weighted by Gasteiger charge is 2.53. The topological polar surface area (TPSA) is 55.4 Å². The lowest BCUT2D eigenvalue weighted by Gasteiger charge is -2.32. The van der Waals surface area contributed by atoms with Crippen LogP contribution in [0.15, 0.2) is 0 Å². The molecule has 0 heterocycles. The lowest BCUT2D eigenvalue weighted by atomic mass is 9.84. The Morgan fingerprint density at radius 2 is 1.87 bits per heavy atom. The molecule has 0 unspecified atom stereocenters. The quantitative estimate of drug-likeness (QED) is 0.743. The molecular weight excluding hydrogens is 215 g/mol. The smallest absolute Gasteiger partial charge is 0.407 e. The average molecular weight is 227 g/mol. The molecule has 0 rings (SSSR count). The molecular formula is C8H12F3NO3. The van der Waals surface area contributed by atoms with Crippen LogP contribution in [0.3, 0.4) is 0 Å². The molecule has 7 heteroatoms. The lowest BCUT2D eigenvalue weighted by molar-refractivity contribution is -0.218. The van der Waals surface area contributed by atoms with Crippen molar-refractivity contribution in [3.63, 3.8) is 0 Å². The minimum atomic E-state index is -4.60. The summed E-state index contributed by atoms with van der Waals surface area (Å²) < 4.78 is 41.5. The number of rotatable bonds is 3. The van der Waals surface area contributed by atoms with Gasteiger partial charge in [0.05, 0.1) is 12.5 Å². The Morgan fingerprint density at radius 1 is 1.40 bits per heavy atom. The summed E-state index contributed by atoms with van der Waals surface area (Å²) in [5, 5.41) is 1.81. The molecule has 0 aliphatic carbocycles. The molecule has 0 aromatic rings. The Morgan fingerprint density at radius 3 is 2.13 bits per heavy atom. The van der Waals surface area contributed by atoms with Crippen molar-refractivity contribution < 1.29 is 27.5 Å². The van der Waals surface area contributed by atoms with Gasteiger partial charge in [-0.1, -0.05) is 0 Å². The second kappa shape index (κ2) is 4.50. The molecule has 0 aliphatic rings. The van der Waals surface area contributed by atoms with Crippen LogP contribution in [0.25, 0.3) is 0 Å². The van der Waals surface area contributed by atoms with Crippen molar-refractivity contribution in [3.8, 4) is 0 Å². The first-order valence-electron chi connectivity index (χ1n) is 4.03. The number of ether oxygens (including phenoxy) is 1. The highest BCUT2D eigenvalue weighted by molar-refractivity contribution is 5.73. The van der Waals surface area contributed by atoms with E-state index < -0.39 is 23.7 Å². The van der Waals surface area contributed by atoms with Crippen LogP contribution in [0.4, 0.5) is 18.0 Å². The van der Waals surface area contributed by atoms with E-state index in [9.17, 15) is 22.8 Å². The van der Waals surface area contributed by atoms with E-state index in [2.05, 4.69) is 4.74 Å². The van der Waals surface area contributed by atoms with Crippen LogP contribution in [0.1, 0.15) is 13.8 Å². The third-order valence-corrected chi connectivity index (χ3v) is 2.10. The van der Waals surface area contributed by atoms with Crippen molar-refractivity contribution >= 4 is 12.4 Å². The first-order chi connectivity index (χ1) is 6.66. The van der Waals surface area contributed by atoms with Crippen molar-refractivity contribution in [2.45, 2.75) is 26.1 Å². The summed E-state index contributed by atoms with van der Waals surface area (Å²) in [5.74, 6) is 0. The van der Waals surface area contributed by atoms with Crippen molar-refractivity contribution in [1.82, 2.24) is 5.32 Å². The Kier molecular flexibility index (Phi) is 4.12. The third-order valence-electron chi connectivity index (χ3n) is 2.10. The van der Waals surface area contributed by atoms with Gasteiger partial charge in [-0.2, -0.15) is 13.2 Å². The minimum Gasteiger partial charge on any atom is -0.453 e. The number of hydrogen-bond acceptors (Lipinski definition) is 3. The Hall–Kier alpha value is -1.27. The van der Waals surface area contributed by atoms with Crippen LogP contribution in [0.5, 0.6) is 0 Å². The molecule has 1 amide bonds. The second-order valence-electron chi connectivity index (χ2n) is 3.47. The molecule has 1 atom stereocenters. The predicted molar refractivity (Wildman–Crippen MR) is 45.2 cm³/mol. The summed E-state index contributed by atoms with van der Waals surface area (Å²) in [6, 6.07) is -1.68. The monoisotopic (exact) mass is 227 g/mol. The largest absolute Gasteiger partial charge is 0.453 e. The van der Waals surface area contributed by atoms with Gasteiger partial charge in [0.2, 0.25) is 0 Å². The van der Waals surface area contributed by atoms with E-state index in [1.54, 1.807) is 0 Å². The number of carbonyl (C=O) groups excluding carboxylic acids is 2. The first-order valence-corrected chi connectivity index (χ1v) is 4.03. The minimum absolute atomic E-state index is 0.0322. The molecule has 0 aromatic carbocycles. The maximum Gasteiger partial charge on any atom is 0.407 e. The van der Waals surface area contributed by atoms with E-state index in [4.69, 9.17) is 0 Å². The van der Waals surface area contributed by atoms with Crippen LogP contribution in [-0.4, -0.2) is 31.7 Å². The van der Waals surface area contributed by atoms with Crippen molar-refractivity contribution in [1.29, 1.82) is 0 Å². The van der Waals surface area contributed by atoms with Gasteiger partial charge >= 0.3 is 12.3 Å². The standard InChI is InChI=1S/C8H12F3NO3/c1-7(2,8(9,10)11)5(4-13)12-6(14)15-3/h4-5H,1-3H3,(H,12,14)/t5-/m1/s1. The number of amides is 1. The maximum absolute atomic E-state index is 12.5. The van der Waals surface area contributed by atoms with E-state index in [1.807, 2.05) is 5.32 Å². The van der Waals surface area contributed by atoms with Crippen LogP contribution in [0, 0.1) is 5.41 Å². The number of aldehydes is 1. The number of nitrogens with one attached hydrogen (secondary N) is 1. The number of alkyl halides is 3. The van der Waals surface area contributed by atoms with Crippen molar-refractivity contribution in [3.05, 3.63) is 0 Å². The van der Waals surface area contributed by atoms with Crippen molar-refractivity contribution in [2.75, 3.05) is 7.11 Å². The normalized spacial score (nSPS) is 14.3. The fraction of sp³-hybridized carbons (Fsp3) is 0.750. The molecule has 0 saturated heterocycles. The van der Waals surface area contributed by atoms with E-state index in [0.29, 0.717) is 0 Å². The van der Waals surface area contributed by atoms with Crippen molar-refractivity contribution in [2.24, 2.45) is 5.41 Å². The van der Waals surface area contributed by atoms with Gasteiger partial charge < -0.3 is 14.8 Å². The summed E-state index contributed by atoms with van der Waals surface area (Å²) in [6.45, 7) is 1.64. The van der Waals surface area contributed by atoms with Crippen LogP contribution < -0.4 is 5.32 Å². The van der Waals surface area contributed by atoms with Gasteiger partial charge in [-0.25, -0.2) is 4.79 Å². The SMILES string of the molecule is COC(=O)N[C@H](C=O)C(C)(C)C(F)(F)F. The Labute approximate surface area is 84.8 Å². The highest BCUT2D eigenvalue weighted by Crippen LogP contribution is 2.39. The van der Waals surface area contributed by atoms with Crippen LogP contribution >= 0.6 is 0 Å². The summed E-state index contributed by atoms with van der Waals surface area (Å²) in [4.78, 5) is 21.2. The molecule has 0 fully saturated rings. The van der Waals surface area contributed by atoms with Gasteiger partial charge in [0.1, 0.15) is 12.3 Å². The van der Waals surface area contributed by atoms with Gasteiger partial charge in [-0.3, -0.25) is 0 Å². The number of carbonyl (C=O) groups is 2. The average Bonchev–Trinajstić information content (AvgIpc) is 2.11. The molecule has 0 spiro atoms. The van der Waals surface area contributed by atoms with Crippen LogP contribution in [-0.2, 0) is 9.53 Å². The lowest BCUT2D eigenvalue weighted by Crippen LogP contribution is -2.53. The zero-order valence-electron chi connectivity index (χ0n) is 8.51. The van der Waals surface area contributed by atoms with E-state index in [0.717, 1.165) is 21.0 Å². The second-order valence-corrected chi connectivity index (χ2v) is 3.47. The van der Waals surface area contributed by atoms with E-state index >= 15 is 0 Å².